The summed E-state index contributed by atoms with van der Waals surface area (Å²) < 4.78 is 41.3. The molecule has 0 saturated heterocycles. The topological polar surface area (TPSA) is 72.7 Å². The molecule has 0 bridgehead atoms. The molecule has 0 saturated carbocycles. The summed E-state index contributed by atoms with van der Waals surface area (Å²) in [4.78, 5) is 15.8. The Kier molecular flexibility index (Phi) is 5.52. The number of hydrogen-bond acceptors (Lipinski definition) is 4. The molecule has 4 rings (SSSR count). The van der Waals surface area contributed by atoms with Crippen LogP contribution in [0.4, 0.5) is 13.2 Å². The van der Waals surface area contributed by atoms with Crippen molar-refractivity contribution in [2.45, 2.75) is 45.1 Å². The zero-order valence-corrected chi connectivity index (χ0v) is 16.3. The van der Waals surface area contributed by atoms with Gasteiger partial charge in [0.25, 0.3) is 6.43 Å². The van der Waals surface area contributed by atoms with E-state index in [0.29, 0.717) is 11.4 Å². The van der Waals surface area contributed by atoms with Gasteiger partial charge in [-0.25, -0.2) is 18.2 Å². The van der Waals surface area contributed by atoms with Gasteiger partial charge >= 0.3 is 0 Å². The highest BCUT2D eigenvalue weighted by Gasteiger charge is 2.27. The Morgan fingerprint density at radius 2 is 2.10 bits per heavy atom. The molecule has 1 N–H and O–H groups in total. The fourth-order valence-corrected chi connectivity index (χ4v) is 3.82. The Bertz CT molecular complexity index is 1080. The maximum atomic E-state index is 13.7. The van der Waals surface area contributed by atoms with E-state index in [0.717, 1.165) is 42.3 Å². The van der Waals surface area contributed by atoms with E-state index in [1.54, 1.807) is 23.0 Å². The number of carbonyl (C=O) groups is 1. The van der Waals surface area contributed by atoms with Crippen LogP contribution in [0.15, 0.2) is 36.5 Å². The molecule has 1 aromatic carbocycles. The second-order valence-corrected chi connectivity index (χ2v) is 7.37. The fourth-order valence-electron chi connectivity index (χ4n) is 3.82. The summed E-state index contributed by atoms with van der Waals surface area (Å²) in [5.41, 5.74) is 2.51. The first-order chi connectivity index (χ1) is 14.4. The Balaban J connectivity index is 1.62. The number of aromatic nitrogens is 4. The van der Waals surface area contributed by atoms with Crippen LogP contribution in [0, 0.1) is 5.82 Å². The molecule has 3 aromatic rings. The number of halogens is 3. The van der Waals surface area contributed by atoms with Crippen LogP contribution in [0.3, 0.4) is 0 Å². The number of nitrogens with one attached hydrogen (secondary N) is 1. The van der Waals surface area contributed by atoms with Crippen LogP contribution in [0.2, 0.25) is 0 Å². The van der Waals surface area contributed by atoms with Gasteiger partial charge in [-0.3, -0.25) is 4.79 Å². The lowest BCUT2D eigenvalue weighted by atomic mass is 9.96. The molecule has 0 aliphatic heterocycles. The van der Waals surface area contributed by atoms with Gasteiger partial charge in [-0.1, -0.05) is 5.21 Å². The lowest BCUT2D eigenvalue weighted by Crippen LogP contribution is -2.29. The normalized spacial score (nSPS) is 15.8. The highest BCUT2D eigenvalue weighted by Crippen LogP contribution is 2.29. The average molecular weight is 415 g/mol. The summed E-state index contributed by atoms with van der Waals surface area (Å²) >= 11 is 0. The van der Waals surface area contributed by atoms with Crippen molar-refractivity contribution in [2.24, 2.45) is 0 Å². The van der Waals surface area contributed by atoms with Crippen LogP contribution >= 0.6 is 0 Å². The maximum absolute atomic E-state index is 13.7. The van der Waals surface area contributed by atoms with Gasteiger partial charge in [0.2, 0.25) is 5.91 Å². The standard InChI is InChI=1S/C21H20F3N5O/c1-12(30)26-17-3-2-4-18-20(17)27-28-29(18)19-10-13(5-6-25-19)7-14-8-15(21(23)24)11-16(22)9-14/h5-6,8-11,17,21H,2-4,7H2,1H3,(H,26,30)/t17-/m0/s1. The van der Waals surface area contributed by atoms with Crippen molar-refractivity contribution in [1.29, 1.82) is 0 Å². The van der Waals surface area contributed by atoms with Gasteiger partial charge in [0.15, 0.2) is 5.82 Å². The van der Waals surface area contributed by atoms with Crippen molar-refractivity contribution < 1.29 is 18.0 Å². The van der Waals surface area contributed by atoms with E-state index < -0.39 is 12.2 Å². The zero-order valence-electron chi connectivity index (χ0n) is 16.3. The Labute approximate surface area is 171 Å². The van der Waals surface area contributed by atoms with Crippen LogP contribution in [-0.4, -0.2) is 25.9 Å². The van der Waals surface area contributed by atoms with E-state index in [9.17, 15) is 18.0 Å². The molecule has 2 aromatic heterocycles. The van der Waals surface area contributed by atoms with E-state index in [-0.39, 0.29) is 23.9 Å². The van der Waals surface area contributed by atoms with Crippen molar-refractivity contribution in [3.05, 3.63) is 70.4 Å². The summed E-state index contributed by atoms with van der Waals surface area (Å²) in [7, 11) is 0. The number of rotatable bonds is 5. The number of amides is 1. The van der Waals surface area contributed by atoms with Gasteiger partial charge < -0.3 is 5.32 Å². The highest BCUT2D eigenvalue weighted by atomic mass is 19.3. The Hall–Kier alpha value is -3.23. The van der Waals surface area contributed by atoms with E-state index in [1.807, 2.05) is 0 Å². The molecule has 0 fully saturated rings. The molecule has 1 aliphatic rings. The van der Waals surface area contributed by atoms with Crippen molar-refractivity contribution in [1.82, 2.24) is 25.3 Å². The summed E-state index contributed by atoms with van der Waals surface area (Å²) in [6.45, 7) is 1.47. The largest absolute Gasteiger partial charge is 0.348 e. The van der Waals surface area contributed by atoms with Crippen molar-refractivity contribution in [2.75, 3.05) is 0 Å². The summed E-state index contributed by atoms with van der Waals surface area (Å²) in [5.74, 6) is -0.276. The average Bonchev–Trinajstić information content (AvgIpc) is 3.12. The molecule has 1 amide bonds. The van der Waals surface area contributed by atoms with Crippen LogP contribution in [0.5, 0.6) is 0 Å². The van der Waals surface area contributed by atoms with Gasteiger partial charge in [0.1, 0.15) is 11.5 Å². The summed E-state index contributed by atoms with van der Waals surface area (Å²) in [6, 6.07) is 6.76. The smallest absolute Gasteiger partial charge is 0.263 e. The number of benzene rings is 1. The van der Waals surface area contributed by atoms with Crippen molar-refractivity contribution in [3.8, 4) is 5.82 Å². The predicted octanol–water partition coefficient (Wildman–Crippen LogP) is 3.84. The lowest BCUT2D eigenvalue weighted by Gasteiger charge is -2.21. The first kappa shape index (κ1) is 20.1. The van der Waals surface area contributed by atoms with E-state index in [4.69, 9.17) is 0 Å². The van der Waals surface area contributed by atoms with E-state index >= 15 is 0 Å². The van der Waals surface area contributed by atoms with Crippen LogP contribution in [-0.2, 0) is 17.6 Å². The molecule has 156 valence electrons. The van der Waals surface area contributed by atoms with E-state index in [2.05, 4.69) is 20.6 Å². The Morgan fingerprint density at radius 3 is 2.87 bits per heavy atom. The molecule has 0 unspecified atom stereocenters. The fraction of sp³-hybridized carbons (Fsp3) is 0.333. The molecule has 9 heteroatoms. The first-order valence-corrected chi connectivity index (χ1v) is 9.65. The van der Waals surface area contributed by atoms with Crippen LogP contribution in [0.1, 0.15) is 60.3 Å². The molecule has 30 heavy (non-hydrogen) atoms. The van der Waals surface area contributed by atoms with Crippen molar-refractivity contribution in [3.63, 3.8) is 0 Å². The molecule has 1 aliphatic carbocycles. The SMILES string of the molecule is CC(=O)N[C@H]1CCCc2c1nnn2-c1cc(Cc2cc(F)cc(C(F)F)c2)ccn1. The van der Waals surface area contributed by atoms with Crippen molar-refractivity contribution >= 4 is 5.91 Å². The third-order valence-corrected chi connectivity index (χ3v) is 5.07. The van der Waals surface area contributed by atoms with Gasteiger partial charge in [-0.15, -0.1) is 5.10 Å². The van der Waals surface area contributed by atoms with Crippen LogP contribution in [0.25, 0.3) is 5.82 Å². The third-order valence-electron chi connectivity index (χ3n) is 5.07. The zero-order chi connectivity index (χ0) is 21.3. The van der Waals surface area contributed by atoms with E-state index in [1.165, 1.54) is 19.1 Å². The molecule has 1 atom stereocenters. The number of alkyl halides is 2. The van der Waals surface area contributed by atoms with Gasteiger partial charge in [-0.05, 0) is 67.1 Å². The molecule has 0 radical (unpaired) electrons. The molecular formula is C21H20F3N5O. The van der Waals surface area contributed by atoms with Crippen LogP contribution < -0.4 is 5.32 Å². The Morgan fingerprint density at radius 1 is 1.27 bits per heavy atom. The minimum Gasteiger partial charge on any atom is -0.348 e. The molecule has 6 nitrogen and oxygen atoms in total. The minimum atomic E-state index is -2.73. The second kappa shape index (κ2) is 8.25. The summed E-state index contributed by atoms with van der Waals surface area (Å²) in [6.07, 6.45) is 1.57. The number of pyridine rings is 1. The lowest BCUT2D eigenvalue weighted by molar-refractivity contribution is -0.119. The number of fused-ring (bicyclic) bond motifs is 1. The first-order valence-electron chi connectivity index (χ1n) is 9.65. The predicted molar refractivity (Wildman–Crippen MR) is 103 cm³/mol. The molecular weight excluding hydrogens is 395 g/mol. The quantitative estimate of drug-likeness (QED) is 0.687. The minimum absolute atomic E-state index is 0.124. The maximum Gasteiger partial charge on any atom is 0.263 e. The number of nitrogens with zero attached hydrogens (tertiary/aromatic N) is 4. The molecule has 0 spiro atoms. The van der Waals surface area contributed by atoms with Gasteiger partial charge in [-0.2, -0.15) is 4.68 Å². The highest BCUT2D eigenvalue weighted by molar-refractivity contribution is 5.73. The van der Waals surface area contributed by atoms with Gasteiger partial charge in [0, 0.05) is 18.7 Å². The third kappa shape index (κ3) is 4.19. The molecule has 2 heterocycles. The number of carbonyl (C=O) groups excluding carboxylic acids is 1. The number of hydrogen-bond donors (Lipinski definition) is 1. The summed E-state index contributed by atoms with van der Waals surface area (Å²) in [5, 5.41) is 11.4. The monoisotopic (exact) mass is 415 g/mol. The second-order valence-electron chi connectivity index (χ2n) is 7.37. The van der Waals surface area contributed by atoms with Gasteiger partial charge in [0.05, 0.1) is 11.7 Å².